The Bertz CT molecular complexity index is 357. The van der Waals surface area contributed by atoms with Crippen LogP contribution in [0, 0.1) is 0 Å². The van der Waals surface area contributed by atoms with Gasteiger partial charge in [-0.3, -0.25) is 0 Å². The first-order chi connectivity index (χ1) is 10.7. The van der Waals surface area contributed by atoms with E-state index in [1.54, 1.807) is 0 Å². The van der Waals surface area contributed by atoms with Crippen molar-refractivity contribution in [1.82, 2.24) is 0 Å². The lowest BCUT2D eigenvalue weighted by molar-refractivity contribution is -0.385. The van der Waals surface area contributed by atoms with Crippen LogP contribution in [0.2, 0.25) is 0 Å². The Morgan fingerprint density at radius 2 is 1.13 bits per heavy atom. The lowest BCUT2D eigenvalue weighted by Crippen LogP contribution is -2.66. The molecule has 2 saturated heterocycles. The molecular weight excluding hydrogens is 316 g/mol. The minimum Gasteiger partial charge on any atom is -0.394 e. The van der Waals surface area contributed by atoms with Gasteiger partial charge in [0.25, 0.3) is 0 Å². The molecule has 0 aromatic carbocycles. The van der Waals surface area contributed by atoms with Gasteiger partial charge in [0.2, 0.25) is 0 Å². The zero-order chi connectivity index (χ0) is 17.4. The first-order valence-corrected chi connectivity index (χ1v) is 7.40. The second kappa shape index (κ2) is 7.23. The summed E-state index contributed by atoms with van der Waals surface area (Å²) >= 11 is 0. The predicted molar refractivity (Wildman–Crippen MR) is 71.9 cm³/mol. The summed E-state index contributed by atoms with van der Waals surface area (Å²) in [7, 11) is 0. The van der Waals surface area contributed by atoms with E-state index in [0.29, 0.717) is 0 Å². The summed E-state index contributed by atoms with van der Waals surface area (Å²) in [5.41, 5.74) is 0. The molecule has 0 bridgehead atoms. The molecule has 0 radical (unpaired) electrons. The van der Waals surface area contributed by atoms with Gasteiger partial charge in [0.05, 0.1) is 25.4 Å². The summed E-state index contributed by atoms with van der Waals surface area (Å²) in [6, 6.07) is 0. The molecule has 0 aromatic rings. The molecule has 2 heterocycles. The second-order valence-corrected chi connectivity index (χ2v) is 6.10. The van der Waals surface area contributed by atoms with E-state index in [1.165, 1.54) is 0 Å². The minimum absolute atomic E-state index is 0.290. The van der Waals surface area contributed by atoms with Crippen LogP contribution >= 0.6 is 0 Å². The van der Waals surface area contributed by atoms with Crippen LogP contribution in [0.25, 0.3) is 0 Å². The molecule has 23 heavy (non-hydrogen) atoms. The van der Waals surface area contributed by atoms with Gasteiger partial charge < -0.3 is 50.3 Å². The van der Waals surface area contributed by atoms with Crippen LogP contribution in [-0.2, 0) is 9.47 Å². The van der Waals surface area contributed by atoms with Gasteiger partial charge in [0, 0.05) is 12.8 Å². The smallest absolute Gasteiger partial charge is 0.174 e. The molecule has 2 aliphatic rings. The number of aliphatic hydroxyl groups excluding tert-OH is 8. The van der Waals surface area contributed by atoms with E-state index in [2.05, 4.69) is 0 Å². The Morgan fingerprint density at radius 3 is 1.43 bits per heavy atom. The fourth-order valence-corrected chi connectivity index (χ4v) is 3.08. The summed E-state index contributed by atoms with van der Waals surface area (Å²) in [5.74, 6) is -1.70. The molecule has 8 atom stereocenters. The molecule has 0 amide bonds. The van der Waals surface area contributed by atoms with Crippen LogP contribution in [0.5, 0.6) is 0 Å². The molecule has 0 aliphatic carbocycles. The summed E-state index contributed by atoms with van der Waals surface area (Å²) in [6.07, 6.45) is -12.1. The first kappa shape index (κ1) is 18.9. The molecule has 2 aliphatic heterocycles. The lowest BCUT2D eigenvalue weighted by atomic mass is 9.85. The number of ether oxygens (including phenoxy) is 2. The van der Waals surface area contributed by atoms with E-state index in [4.69, 9.17) is 19.7 Å². The number of rotatable bonds is 4. The molecule has 1 spiro atoms. The maximum atomic E-state index is 9.99. The molecule has 2 fully saturated rings. The average Bonchev–Trinajstić information content (AvgIpc) is 2.53. The monoisotopic (exact) mass is 340 g/mol. The van der Waals surface area contributed by atoms with Gasteiger partial charge in [-0.15, -0.1) is 0 Å². The van der Waals surface area contributed by atoms with E-state index >= 15 is 0 Å². The summed E-state index contributed by atoms with van der Waals surface area (Å²) < 4.78 is 11.0. The molecule has 0 unspecified atom stereocenters. The SMILES string of the molecule is OC[C@@H](O)[C@H]1OC2(C[C@H](O)[C@@H]1O)C[C@H](O)[C@H](O)[C@@H]([C@H](O)CO)O2. The topological polar surface area (TPSA) is 180 Å². The third-order valence-electron chi connectivity index (χ3n) is 4.34. The van der Waals surface area contributed by atoms with E-state index in [9.17, 15) is 30.6 Å². The van der Waals surface area contributed by atoms with Crippen LogP contribution in [0.3, 0.4) is 0 Å². The Morgan fingerprint density at radius 1 is 0.783 bits per heavy atom. The van der Waals surface area contributed by atoms with Gasteiger partial charge in [-0.2, -0.15) is 0 Å². The summed E-state index contributed by atoms with van der Waals surface area (Å²) in [4.78, 5) is 0. The molecule has 2 rings (SSSR count). The Labute approximate surface area is 132 Å². The number of hydrogen-bond donors (Lipinski definition) is 8. The van der Waals surface area contributed by atoms with Gasteiger partial charge in [0.15, 0.2) is 5.79 Å². The second-order valence-electron chi connectivity index (χ2n) is 6.10. The van der Waals surface area contributed by atoms with Crippen molar-refractivity contribution in [1.29, 1.82) is 0 Å². The van der Waals surface area contributed by atoms with Crippen LogP contribution in [0.1, 0.15) is 12.8 Å². The molecule has 10 heteroatoms. The van der Waals surface area contributed by atoms with Crippen molar-refractivity contribution < 1.29 is 50.3 Å². The van der Waals surface area contributed by atoms with Crippen molar-refractivity contribution in [3.05, 3.63) is 0 Å². The Hall–Kier alpha value is -0.400. The third kappa shape index (κ3) is 3.66. The van der Waals surface area contributed by atoms with Gasteiger partial charge in [0.1, 0.15) is 36.6 Å². The zero-order valence-electron chi connectivity index (χ0n) is 12.3. The van der Waals surface area contributed by atoms with Crippen LogP contribution in [-0.4, -0.2) is 109 Å². The van der Waals surface area contributed by atoms with Crippen molar-refractivity contribution in [3.8, 4) is 0 Å². The largest absolute Gasteiger partial charge is 0.394 e. The van der Waals surface area contributed by atoms with Crippen molar-refractivity contribution in [2.24, 2.45) is 0 Å². The fraction of sp³-hybridized carbons (Fsp3) is 1.00. The zero-order valence-corrected chi connectivity index (χ0v) is 12.3. The van der Waals surface area contributed by atoms with Crippen molar-refractivity contribution in [3.63, 3.8) is 0 Å². The molecular formula is C13H24O10. The van der Waals surface area contributed by atoms with Crippen LogP contribution < -0.4 is 0 Å². The van der Waals surface area contributed by atoms with E-state index in [1.807, 2.05) is 0 Å². The summed E-state index contributed by atoms with van der Waals surface area (Å²) in [6.45, 7) is -1.48. The number of hydrogen-bond acceptors (Lipinski definition) is 10. The molecule has 136 valence electrons. The number of aliphatic hydroxyl groups is 8. The third-order valence-corrected chi connectivity index (χ3v) is 4.34. The van der Waals surface area contributed by atoms with E-state index in [0.717, 1.165) is 0 Å². The maximum absolute atomic E-state index is 9.99. The highest BCUT2D eigenvalue weighted by molar-refractivity contribution is 4.99. The highest BCUT2D eigenvalue weighted by atomic mass is 16.7. The van der Waals surface area contributed by atoms with Gasteiger partial charge in [-0.25, -0.2) is 0 Å². The van der Waals surface area contributed by atoms with Crippen molar-refractivity contribution in [2.75, 3.05) is 13.2 Å². The quantitative estimate of drug-likeness (QED) is 0.248. The minimum atomic E-state index is -1.70. The summed E-state index contributed by atoms with van der Waals surface area (Å²) in [5, 5.41) is 77.2. The molecule has 0 saturated carbocycles. The molecule has 0 aromatic heterocycles. The highest BCUT2D eigenvalue weighted by Gasteiger charge is 2.56. The maximum Gasteiger partial charge on any atom is 0.174 e. The lowest BCUT2D eigenvalue weighted by Gasteiger charge is -2.52. The molecule has 8 N–H and O–H groups in total. The van der Waals surface area contributed by atoms with Crippen molar-refractivity contribution >= 4 is 0 Å². The van der Waals surface area contributed by atoms with E-state index in [-0.39, 0.29) is 12.8 Å². The predicted octanol–water partition coefficient (Wildman–Crippen LogP) is -4.59. The van der Waals surface area contributed by atoms with Crippen molar-refractivity contribution in [2.45, 2.75) is 67.5 Å². The Balaban J connectivity index is 2.25. The highest BCUT2D eigenvalue weighted by Crippen LogP contribution is 2.41. The van der Waals surface area contributed by atoms with E-state index < -0.39 is 67.8 Å². The van der Waals surface area contributed by atoms with Gasteiger partial charge >= 0.3 is 0 Å². The normalized spacial score (nSPS) is 47.5. The van der Waals surface area contributed by atoms with Gasteiger partial charge in [-0.1, -0.05) is 0 Å². The molecule has 10 nitrogen and oxygen atoms in total. The van der Waals surface area contributed by atoms with Gasteiger partial charge in [-0.05, 0) is 0 Å². The average molecular weight is 340 g/mol. The first-order valence-electron chi connectivity index (χ1n) is 7.40. The Kier molecular flexibility index (Phi) is 5.95. The van der Waals surface area contributed by atoms with Crippen LogP contribution in [0.4, 0.5) is 0 Å². The fourth-order valence-electron chi connectivity index (χ4n) is 3.08. The van der Waals surface area contributed by atoms with Crippen LogP contribution in [0.15, 0.2) is 0 Å². The standard InChI is InChI=1S/C13H24O10/c14-3-7(18)11-9(20)5(16)1-13(22-11)2-6(17)10(21)12(23-13)8(19)4-15/h5-12,14-21H,1-4H2/t5-,6-,7+,8+,9-,10-,11+,12+,13?/m0/s1.